The summed E-state index contributed by atoms with van der Waals surface area (Å²) < 4.78 is 0. The number of aromatic nitrogens is 3. The van der Waals surface area contributed by atoms with E-state index in [4.69, 9.17) is 0 Å². The van der Waals surface area contributed by atoms with Crippen molar-refractivity contribution < 1.29 is 4.79 Å². The Kier molecular flexibility index (Phi) is 2.34. The van der Waals surface area contributed by atoms with Gasteiger partial charge in [-0.15, -0.1) is 11.3 Å². The molecule has 0 aliphatic heterocycles. The number of carbonyl (C=O) groups is 1. The minimum atomic E-state index is 0.652. The van der Waals surface area contributed by atoms with E-state index in [2.05, 4.69) is 20.3 Å². The lowest BCUT2D eigenvalue weighted by molar-refractivity contribution is -0.105. The van der Waals surface area contributed by atoms with Crippen molar-refractivity contribution in [1.82, 2.24) is 15.0 Å². The first kappa shape index (κ1) is 9.98. The molecule has 0 unspecified atom stereocenters. The van der Waals surface area contributed by atoms with Gasteiger partial charge >= 0.3 is 0 Å². The summed E-state index contributed by atoms with van der Waals surface area (Å²) in [5.41, 5.74) is 5.06. The van der Waals surface area contributed by atoms with Crippen molar-refractivity contribution in [3.8, 4) is 11.5 Å². The molecule has 1 amide bonds. The molecular weight excluding hydrogens is 236 g/mol. The van der Waals surface area contributed by atoms with E-state index < -0.39 is 0 Å². The third-order valence-electron chi connectivity index (χ3n) is 2.38. The maximum Gasteiger partial charge on any atom is 0.211 e. The smallest absolute Gasteiger partial charge is 0.211 e. The predicted octanol–water partition coefficient (Wildman–Crippen LogP) is 2.25. The number of nitrogens with one attached hydrogen (secondary N) is 2. The van der Waals surface area contributed by atoms with E-state index in [1.54, 1.807) is 5.51 Å². The highest BCUT2D eigenvalue weighted by Crippen LogP contribution is 2.22. The maximum atomic E-state index is 10.4. The molecule has 0 radical (unpaired) electrons. The summed E-state index contributed by atoms with van der Waals surface area (Å²) in [5, 5.41) is 4.53. The van der Waals surface area contributed by atoms with Crippen LogP contribution in [-0.4, -0.2) is 21.4 Å². The highest BCUT2D eigenvalue weighted by Gasteiger charge is 2.06. The van der Waals surface area contributed by atoms with Crippen LogP contribution in [0.4, 0.5) is 5.69 Å². The summed E-state index contributed by atoms with van der Waals surface area (Å²) in [6, 6.07) is 5.50. The Balaban J connectivity index is 2.09. The average Bonchev–Trinajstić information content (AvgIpc) is 2.97. The first-order valence-corrected chi connectivity index (χ1v) is 5.89. The molecule has 0 bridgehead atoms. The molecule has 84 valence electrons. The zero-order valence-corrected chi connectivity index (χ0v) is 9.49. The molecule has 2 heterocycles. The Hall–Kier alpha value is -2.21. The van der Waals surface area contributed by atoms with E-state index in [-0.39, 0.29) is 0 Å². The maximum absolute atomic E-state index is 10.4. The summed E-state index contributed by atoms with van der Waals surface area (Å²) in [6.07, 6.45) is 0.652. The number of fused-ring (bicyclic) bond motifs is 1. The van der Waals surface area contributed by atoms with Gasteiger partial charge in [0, 0.05) is 11.1 Å². The van der Waals surface area contributed by atoms with Gasteiger partial charge in [-0.1, -0.05) is 0 Å². The number of thiazole rings is 1. The zero-order valence-electron chi connectivity index (χ0n) is 8.68. The fourth-order valence-corrected chi connectivity index (χ4v) is 2.15. The fraction of sp³-hybridized carbons (Fsp3) is 0. The van der Waals surface area contributed by atoms with Crippen LogP contribution in [0.3, 0.4) is 0 Å². The van der Waals surface area contributed by atoms with Crippen LogP contribution in [0.1, 0.15) is 0 Å². The van der Waals surface area contributed by atoms with Crippen LogP contribution < -0.4 is 5.32 Å². The molecule has 0 saturated carbocycles. The highest BCUT2D eigenvalue weighted by molar-refractivity contribution is 7.07. The standard InChI is InChI=1S/C11H8N4OS/c16-5-12-7-1-2-8-9(3-7)15-11(14-8)10-4-17-6-13-10/h1-6H,(H,12,16)(H,14,15). The van der Waals surface area contributed by atoms with E-state index in [1.165, 1.54) is 11.3 Å². The number of imidazole rings is 1. The van der Waals surface area contributed by atoms with Crippen molar-refractivity contribution in [2.45, 2.75) is 0 Å². The average molecular weight is 244 g/mol. The Morgan fingerprint density at radius 2 is 2.35 bits per heavy atom. The van der Waals surface area contributed by atoms with Gasteiger partial charge in [0.2, 0.25) is 6.41 Å². The van der Waals surface area contributed by atoms with Crippen molar-refractivity contribution in [1.29, 1.82) is 0 Å². The van der Waals surface area contributed by atoms with Crippen LogP contribution in [0.15, 0.2) is 29.1 Å². The zero-order chi connectivity index (χ0) is 11.7. The van der Waals surface area contributed by atoms with Crippen LogP contribution in [0.2, 0.25) is 0 Å². The van der Waals surface area contributed by atoms with Gasteiger partial charge in [0.1, 0.15) is 5.69 Å². The number of H-pyrrole nitrogens is 1. The molecule has 2 aromatic heterocycles. The number of amides is 1. The molecule has 0 spiro atoms. The second-order valence-corrected chi connectivity index (χ2v) is 4.17. The molecule has 1 aromatic carbocycles. The van der Waals surface area contributed by atoms with Crippen molar-refractivity contribution in [3.05, 3.63) is 29.1 Å². The number of carbonyl (C=O) groups excluding carboxylic acids is 1. The molecule has 2 N–H and O–H groups in total. The number of rotatable bonds is 3. The van der Waals surface area contributed by atoms with Gasteiger partial charge in [0.05, 0.1) is 16.5 Å². The number of aromatic amines is 1. The minimum Gasteiger partial charge on any atom is -0.337 e. The third kappa shape index (κ3) is 1.78. The van der Waals surface area contributed by atoms with Gasteiger partial charge in [-0.2, -0.15) is 0 Å². The summed E-state index contributed by atoms with van der Waals surface area (Å²) >= 11 is 1.53. The van der Waals surface area contributed by atoms with Gasteiger partial charge in [0.25, 0.3) is 0 Å². The predicted molar refractivity (Wildman–Crippen MR) is 66.9 cm³/mol. The Morgan fingerprint density at radius 1 is 1.41 bits per heavy atom. The summed E-state index contributed by atoms with van der Waals surface area (Å²) in [4.78, 5) is 22.2. The number of benzene rings is 1. The van der Waals surface area contributed by atoms with Gasteiger partial charge in [0.15, 0.2) is 5.82 Å². The molecule has 6 heteroatoms. The quantitative estimate of drug-likeness (QED) is 0.694. The lowest BCUT2D eigenvalue weighted by Gasteiger charge is -1.96. The second kappa shape index (κ2) is 3.99. The van der Waals surface area contributed by atoms with Crippen LogP contribution in [0, 0.1) is 0 Å². The largest absolute Gasteiger partial charge is 0.337 e. The number of hydrogen-bond donors (Lipinski definition) is 2. The first-order chi connectivity index (χ1) is 8.36. The molecule has 0 saturated heterocycles. The Morgan fingerprint density at radius 3 is 3.12 bits per heavy atom. The number of anilines is 1. The molecular formula is C11H8N4OS. The molecule has 17 heavy (non-hydrogen) atoms. The van der Waals surface area contributed by atoms with Gasteiger partial charge in [-0.25, -0.2) is 9.97 Å². The van der Waals surface area contributed by atoms with Crippen molar-refractivity contribution in [2.75, 3.05) is 5.32 Å². The lowest BCUT2D eigenvalue weighted by Crippen LogP contribution is -1.92. The topological polar surface area (TPSA) is 70.7 Å². The molecule has 3 rings (SSSR count). The van der Waals surface area contributed by atoms with Crippen LogP contribution in [0.5, 0.6) is 0 Å². The summed E-state index contributed by atoms with van der Waals surface area (Å²) in [7, 11) is 0. The van der Waals surface area contributed by atoms with E-state index >= 15 is 0 Å². The minimum absolute atomic E-state index is 0.652. The number of hydrogen-bond acceptors (Lipinski definition) is 4. The van der Waals surface area contributed by atoms with E-state index in [0.717, 1.165) is 28.2 Å². The van der Waals surface area contributed by atoms with Gasteiger partial charge in [-0.05, 0) is 18.2 Å². The molecule has 5 nitrogen and oxygen atoms in total. The molecule has 0 aliphatic carbocycles. The third-order valence-corrected chi connectivity index (χ3v) is 2.97. The SMILES string of the molecule is O=CNc1ccc2nc(-c3cscn3)[nH]c2c1. The van der Waals surface area contributed by atoms with E-state index in [1.807, 2.05) is 23.6 Å². The summed E-state index contributed by atoms with van der Waals surface area (Å²) in [5.74, 6) is 0.740. The monoisotopic (exact) mass is 244 g/mol. The Labute approximate surface area is 101 Å². The van der Waals surface area contributed by atoms with Crippen LogP contribution in [-0.2, 0) is 4.79 Å². The highest BCUT2D eigenvalue weighted by atomic mass is 32.1. The Bertz CT molecular complexity index is 659. The normalized spacial score (nSPS) is 10.6. The van der Waals surface area contributed by atoms with Crippen molar-refractivity contribution in [2.24, 2.45) is 0 Å². The van der Waals surface area contributed by atoms with Gasteiger partial charge < -0.3 is 10.3 Å². The molecule has 0 aliphatic rings. The van der Waals surface area contributed by atoms with Crippen LogP contribution >= 0.6 is 11.3 Å². The van der Waals surface area contributed by atoms with Gasteiger partial charge in [-0.3, -0.25) is 4.79 Å². The second-order valence-electron chi connectivity index (χ2n) is 3.45. The molecule has 0 fully saturated rings. The summed E-state index contributed by atoms with van der Waals surface area (Å²) in [6.45, 7) is 0. The van der Waals surface area contributed by atoms with Crippen molar-refractivity contribution >= 4 is 34.5 Å². The first-order valence-electron chi connectivity index (χ1n) is 4.95. The molecule has 0 atom stereocenters. The van der Waals surface area contributed by atoms with E-state index in [0.29, 0.717) is 6.41 Å². The molecule has 3 aromatic rings. The van der Waals surface area contributed by atoms with E-state index in [9.17, 15) is 4.79 Å². The van der Waals surface area contributed by atoms with Crippen LogP contribution in [0.25, 0.3) is 22.6 Å². The fourth-order valence-electron chi connectivity index (χ4n) is 1.62. The lowest BCUT2D eigenvalue weighted by atomic mass is 10.3. The van der Waals surface area contributed by atoms with Crippen molar-refractivity contribution in [3.63, 3.8) is 0 Å². The number of nitrogens with zero attached hydrogens (tertiary/aromatic N) is 2.